The topological polar surface area (TPSA) is 64.6 Å². The van der Waals surface area contributed by atoms with Gasteiger partial charge in [-0.3, -0.25) is 4.79 Å². The summed E-state index contributed by atoms with van der Waals surface area (Å²) in [6, 6.07) is 14.9. The molecule has 3 rings (SSSR count). The Kier molecular flexibility index (Phi) is 5.56. The lowest BCUT2D eigenvalue weighted by Gasteiger charge is -2.18. The Morgan fingerprint density at radius 2 is 1.85 bits per heavy atom. The first-order valence-electron chi connectivity index (χ1n) is 8.78. The molecule has 0 aromatic heterocycles. The largest absolute Gasteiger partial charge is 0.482 e. The molecule has 1 fully saturated rings. The van der Waals surface area contributed by atoms with Crippen LogP contribution in [-0.4, -0.2) is 24.5 Å². The first-order valence-corrected chi connectivity index (χ1v) is 8.78. The van der Waals surface area contributed by atoms with Crippen molar-refractivity contribution < 1.29 is 19.1 Å². The number of hydrogen-bond acceptors (Lipinski definition) is 4. The molecule has 2 aromatic rings. The molecule has 136 valence electrons. The summed E-state index contributed by atoms with van der Waals surface area (Å²) in [5, 5.41) is 2.89. The van der Waals surface area contributed by atoms with Crippen molar-refractivity contribution >= 4 is 11.9 Å². The predicted molar refractivity (Wildman–Crippen MR) is 97.9 cm³/mol. The number of carbonyl (C=O) groups is 2. The smallest absolute Gasteiger partial charge is 0.345 e. The van der Waals surface area contributed by atoms with Gasteiger partial charge in [0.25, 0.3) is 5.91 Å². The Bertz CT molecular complexity index is 784. The summed E-state index contributed by atoms with van der Waals surface area (Å²) < 4.78 is 11.0. The third-order valence-corrected chi connectivity index (χ3v) is 4.19. The van der Waals surface area contributed by atoms with Gasteiger partial charge in [-0.2, -0.15) is 0 Å². The van der Waals surface area contributed by atoms with Crippen molar-refractivity contribution in [3.63, 3.8) is 0 Å². The standard InChI is InChI=1S/C21H23NO4/c1-14-8-11-18(15(2)12-14)25-13-19(23)26-20(16-6-4-3-5-7-16)21(24)22-17-9-10-17/h3-8,11-12,17,20H,9-10,13H2,1-2H3,(H,22,24)/t20-/m0/s1. The monoisotopic (exact) mass is 353 g/mol. The molecule has 0 spiro atoms. The van der Waals surface area contributed by atoms with E-state index in [1.54, 1.807) is 12.1 Å². The maximum Gasteiger partial charge on any atom is 0.345 e. The molecule has 2 aromatic carbocycles. The average Bonchev–Trinajstić information content (AvgIpc) is 3.43. The lowest BCUT2D eigenvalue weighted by atomic mass is 10.1. The van der Waals surface area contributed by atoms with Crippen LogP contribution in [0.4, 0.5) is 0 Å². The SMILES string of the molecule is Cc1ccc(OCC(=O)O[C@H](C(=O)NC2CC2)c2ccccc2)c(C)c1. The molecule has 0 heterocycles. The van der Waals surface area contributed by atoms with Crippen LogP contribution in [0.5, 0.6) is 5.75 Å². The van der Waals surface area contributed by atoms with Crippen molar-refractivity contribution in [2.75, 3.05) is 6.61 Å². The third-order valence-electron chi connectivity index (χ3n) is 4.19. The van der Waals surface area contributed by atoms with E-state index in [1.165, 1.54) is 0 Å². The fourth-order valence-corrected chi connectivity index (χ4v) is 2.67. The fraction of sp³-hybridized carbons (Fsp3) is 0.333. The van der Waals surface area contributed by atoms with Gasteiger partial charge >= 0.3 is 5.97 Å². The molecule has 0 saturated heterocycles. The van der Waals surface area contributed by atoms with Crippen molar-refractivity contribution in [1.29, 1.82) is 0 Å². The summed E-state index contributed by atoms with van der Waals surface area (Å²) >= 11 is 0. The van der Waals surface area contributed by atoms with Crippen molar-refractivity contribution in [2.24, 2.45) is 0 Å². The van der Waals surface area contributed by atoms with Crippen molar-refractivity contribution in [1.82, 2.24) is 5.32 Å². The van der Waals surface area contributed by atoms with Gasteiger partial charge in [0.05, 0.1) is 0 Å². The van der Waals surface area contributed by atoms with Gasteiger partial charge in [0, 0.05) is 11.6 Å². The van der Waals surface area contributed by atoms with Crippen LogP contribution in [-0.2, 0) is 14.3 Å². The van der Waals surface area contributed by atoms with Crippen molar-refractivity contribution in [3.05, 3.63) is 65.2 Å². The Labute approximate surface area is 153 Å². The lowest BCUT2D eigenvalue weighted by Crippen LogP contribution is -2.34. The van der Waals surface area contributed by atoms with Crippen LogP contribution in [0.25, 0.3) is 0 Å². The molecule has 1 N–H and O–H groups in total. The fourth-order valence-electron chi connectivity index (χ4n) is 2.67. The molecule has 5 nitrogen and oxygen atoms in total. The summed E-state index contributed by atoms with van der Waals surface area (Å²) in [5.74, 6) is -0.241. The van der Waals surface area contributed by atoms with E-state index in [9.17, 15) is 9.59 Å². The van der Waals surface area contributed by atoms with Gasteiger partial charge in [-0.05, 0) is 38.3 Å². The van der Waals surface area contributed by atoms with E-state index in [4.69, 9.17) is 9.47 Å². The van der Waals surface area contributed by atoms with Gasteiger partial charge in [-0.1, -0.05) is 48.0 Å². The summed E-state index contributed by atoms with van der Waals surface area (Å²) in [5.41, 5.74) is 2.72. The summed E-state index contributed by atoms with van der Waals surface area (Å²) in [6.07, 6.45) is 0.973. The predicted octanol–water partition coefficient (Wildman–Crippen LogP) is 3.25. The number of hydrogen-bond donors (Lipinski definition) is 1. The van der Waals surface area contributed by atoms with E-state index >= 15 is 0 Å². The summed E-state index contributed by atoms with van der Waals surface area (Å²) in [4.78, 5) is 24.7. The first-order chi connectivity index (χ1) is 12.5. The molecule has 5 heteroatoms. The Balaban J connectivity index is 1.63. The molecule has 26 heavy (non-hydrogen) atoms. The van der Waals surface area contributed by atoms with Crippen LogP contribution in [0.15, 0.2) is 48.5 Å². The van der Waals surface area contributed by atoms with Crippen LogP contribution in [0, 0.1) is 13.8 Å². The second-order valence-electron chi connectivity index (χ2n) is 6.62. The molecule has 1 aliphatic rings. The highest BCUT2D eigenvalue weighted by Crippen LogP contribution is 2.24. The minimum atomic E-state index is -0.966. The zero-order valence-corrected chi connectivity index (χ0v) is 15.0. The summed E-state index contributed by atoms with van der Waals surface area (Å²) in [7, 11) is 0. The molecular weight excluding hydrogens is 330 g/mol. The van der Waals surface area contributed by atoms with Gasteiger partial charge in [0.15, 0.2) is 6.61 Å². The molecule has 1 aliphatic carbocycles. The highest BCUT2D eigenvalue weighted by Gasteiger charge is 2.30. The molecule has 0 aliphatic heterocycles. The van der Waals surface area contributed by atoms with Crippen LogP contribution >= 0.6 is 0 Å². The molecule has 1 amide bonds. The quantitative estimate of drug-likeness (QED) is 0.776. The maximum atomic E-state index is 12.5. The highest BCUT2D eigenvalue weighted by atomic mass is 16.6. The summed E-state index contributed by atoms with van der Waals surface area (Å²) in [6.45, 7) is 3.67. The third kappa shape index (κ3) is 4.85. The molecule has 0 radical (unpaired) electrons. The first kappa shape index (κ1) is 18.0. The van der Waals surface area contributed by atoms with E-state index in [2.05, 4.69) is 5.32 Å². The average molecular weight is 353 g/mol. The molecule has 1 saturated carbocycles. The van der Waals surface area contributed by atoms with E-state index < -0.39 is 12.1 Å². The van der Waals surface area contributed by atoms with E-state index in [0.29, 0.717) is 11.3 Å². The minimum Gasteiger partial charge on any atom is -0.482 e. The Hall–Kier alpha value is -2.82. The van der Waals surface area contributed by atoms with E-state index in [-0.39, 0.29) is 18.6 Å². The number of nitrogens with one attached hydrogen (secondary N) is 1. The minimum absolute atomic E-state index is 0.193. The maximum absolute atomic E-state index is 12.5. The Morgan fingerprint density at radius 1 is 1.12 bits per heavy atom. The number of rotatable bonds is 7. The van der Waals surface area contributed by atoms with Crippen LogP contribution in [0.1, 0.15) is 35.6 Å². The number of benzene rings is 2. The second-order valence-corrected chi connectivity index (χ2v) is 6.62. The van der Waals surface area contributed by atoms with Crippen LogP contribution in [0.2, 0.25) is 0 Å². The molecule has 0 unspecified atom stereocenters. The van der Waals surface area contributed by atoms with Crippen LogP contribution < -0.4 is 10.1 Å². The zero-order chi connectivity index (χ0) is 18.5. The van der Waals surface area contributed by atoms with Crippen LogP contribution in [0.3, 0.4) is 0 Å². The van der Waals surface area contributed by atoms with E-state index in [1.807, 2.05) is 50.2 Å². The lowest BCUT2D eigenvalue weighted by molar-refractivity contribution is -0.158. The number of ether oxygens (including phenoxy) is 2. The van der Waals surface area contributed by atoms with Crippen molar-refractivity contribution in [2.45, 2.75) is 38.8 Å². The molecular formula is C21H23NO4. The zero-order valence-electron chi connectivity index (χ0n) is 15.0. The number of aryl methyl sites for hydroxylation is 2. The normalized spacial score (nSPS) is 14.4. The van der Waals surface area contributed by atoms with Gasteiger partial charge in [0.2, 0.25) is 6.10 Å². The van der Waals surface area contributed by atoms with Gasteiger partial charge in [0.1, 0.15) is 5.75 Å². The molecule has 0 bridgehead atoms. The number of amides is 1. The number of carbonyl (C=O) groups excluding carboxylic acids is 2. The van der Waals surface area contributed by atoms with Gasteiger partial charge in [-0.25, -0.2) is 4.79 Å². The molecule has 1 atom stereocenters. The van der Waals surface area contributed by atoms with Crippen molar-refractivity contribution in [3.8, 4) is 5.75 Å². The number of esters is 1. The van der Waals surface area contributed by atoms with E-state index in [0.717, 1.165) is 24.0 Å². The van der Waals surface area contributed by atoms with Gasteiger partial charge in [-0.15, -0.1) is 0 Å². The highest BCUT2D eigenvalue weighted by molar-refractivity contribution is 5.85. The second kappa shape index (κ2) is 8.04. The Morgan fingerprint density at radius 3 is 2.50 bits per heavy atom. The van der Waals surface area contributed by atoms with Gasteiger partial charge < -0.3 is 14.8 Å².